The van der Waals surface area contributed by atoms with Gasteiger partial charge in [0, 0.05) is 46.2 Å². The molecule has 1 aliphatic heterocycles. The van der Waals surface area contributed by atoms with Gasteiger partial charge in [0.2, 0.25) is 5.91 Å². The van der Waals surface area contributed by atoms with Gasteiger partial charge in [-0.3, -0.25) is 4.79 Å². The number of carbonyl (C=O) groups is 1. The van der Waals surface area contributed by atoms with Crippen LogP contribution in [0.15, 0.2) is 0 Å². The zero-order valence-electron chi connectivity index (χ0n) is 13.3. The van der Waals surface area contributed by atoms with E-state index >= 15 is 0 Å². The summed E-state index contributed by atoms with van der Waals surface area (Å²) in [5, 5.41) is 0. The van der Waals surface area contributed by atoms with Crippen molar-refractivity contribution in [1.29, 1.82) is 0 Å². The summed E-state index contributed by atoms with van der Waals surface area (Å²) in [4.78, 5) is 14.4. The lowest BCUT2D eigenvalue weighted by Gasteiger charge is -2.35. The fraction of sp³-hybridized carbons (Fsp3) is 0.929. The van der Waals surface area contributed by atoms with E-state index in [-0.39, 0.29) is 11.8 Å². The van der Waals surface area contributed by atoms with E-state index in [2.05, 4.69) is 0 Å². The van der Waals surface area contributed by atoms with Crippen LogP contribution < -0.4 is 0 Å². The molecule has 1 heterocycles. The van der Waals surface area contributed by atoms with Crippen LogP contribution in [-0.2, 0) is 15.0 Å². The topological polar surface area (TPSA) is 60.9 Å². The number of amides is 1. The molecule has 0 unspecified atom stereocenters. The van der Waals surface area contributed by atoms with Crippen LogP contribution in [0.25, 0.3) is 0 Å². The summed E-state index contributed by atoms with van der Waals surface area (Å²) in [5.41, 5.74) is 0. The third kappa shape index (κ3) is 3.57. The lowest BCUT2D eigenvalue weighted by molar-refractivity contribution is -0.137. The third-order valence-electron chi connectivity index (χ3n) is 4.81. The molecule has 122 valence electrons. The SMILES string of the molecule is CN(C(=O)C1CCN(S(=O)(=O)N(C)C)CC1)C1CCCC1. The zero-order valence-corrected chi connectivity index (χ0v) is 14.1. The molecule has 1 amide bonds. The van der Waals surface area contributed by atoms with Crippen molar-refractivity contribution in [3.8, 4) is 0 Å². The molecular formula is C14H27N3O3S. The van der Waals surface area contributed by atoms with Gasteiger partial charge in [-0.2, -0.15) is 17.0 Å². The number of hydrogen-bond acceptors (Lipinski definition) is 3. The van der Waals surface area contributed by atoms with Crippen LogP contribution in [0, 0.1) is 5.92 Å². The van der Waals surface area contributed by atoms with Crippen LogP contribution in [-0.4, -0.2) is 68.1 Å². The Morgan fingerprint density at radius 1 is 1.00 bits per heavy atom. The second kappa shape index (κ2) is 6.62. The quantitative estimate of drug-likeness (QED) is 0.774. The van der Waals surface area contributed by atoms with Crippen LogP contribution in [0.4, 0.5) is 0 Å². The van der Waals surface area contributed by atoms with Crippen LogP contribution in [0.5, 0.6) is 0 Å². The lowest BCUT2D eigenvalue weighted by Crippen LogP contribution is -2.48. The van der Waals surface area contributed by atoms with Gasteiger partial charge in [0.1, 0.15) is 0 Å². The van der Waals surface area contributed by atoms with Crippen molar-refractivity contribution in [2.75, 3.05) is 34.2 Å². The van der Waals surface area contributed by atoms with Gasteiger partial charge in [0.15, 0.2) is 0 Å². The normalized spacial score (nSPS) is 22.9. The highest BCUT2D eigenvalue weighted by atomic mass is 32.2. The van der Waals surface area contributed by atoms with Crippen LogP contribution in [0.1, 0.15) is 38.5 Å². The molecule has 7 heteroatoms. The average molecular weight is 317 g/mol. The molecule has 0 aromatic rings. The zero-order chi connectivity index (χ0) is 15.6. The molecule has 0 N–H and O–H groups in total. The lowest BCUT2D eigenvalue weighted by atomic mass is 9.96. The Morgan fingerprint density at radius 2 is 1.52 bits per heavy atom. The van der Waals surface area contributed by atoms with Crippen molar-refractivity contribution in [3.63, 3.8) is 0 Å². The maximum absolute atomic E-state index is 12.5. The Labute approximate surface area is 128 Å². The molecule has 2 fully saturated rings. The second-order valence-corrected chi connectivity index (χ2v) is 8.49. The number of piperidine rings is 1. The number of nitrogens with zero attached hydrogens (tertiary/aromatic N) is 3. The van der Waals surface area contributed by atoms with Crippen molar-refractivity contribution in [3.05, 3.63) is 0 Å². The fourth-order valence-corrected chi connectivity index (χ4v) is 4.46. The van der Waals surface area contributed by atoms with Crippen LogP contribution in [0.3, 0.4) is 0 Å². The van der Waals surface area contributed by atoms with Gasteiger partial charge in [-0.15, -0.1) is 0 Å². The van der Waals surface area contributed by atoms with E-state index in [1.54, 1.807) is 14.1 Å². The largest absolute Gasteiger partial charge is 0.343 e. The maximum Gasteiger partial charge on any atom is 0.281 e. The molecule has 0 aromatic heterocycles. The molecule has 6 nitrogen and oxygen atoms in total. The van der Waals surface area contributed by atoms with Gasteiger partial charge in [-0.05, 0) is 25.7 Å². The van der Waals surface area contributed by atoms with Crippen molar-refractivity contribution in [2.45, 2.75) is 44.6 Å². The van der Waals surface area contributed by atoms with Crippen molar-refractivity contribution >= 4 is 16.1 Å². The molecule has 0 spiro atoms. The average Bonchev–Trinajstić information content (AvgIpc) is 3.00. The first-order chi connectivity index (χ1) is 9.84. The van der Waals surface area contributed by atoms with E-state index in [1.165, 1.54) is 21.5 Å². The first kappa shape index (κ1) is 16.7. The molecule has 2 rings (SSSR count). The molecular weight excluding hydrogens is 290 g/mol. The Bertz CT molecular complexity index is 464. The number of hydrogen-bond donors (Lipinski definition) is 0. The predicted molar refractivity (Wildman–Crippen MR) is 81.9 cm³/mol. The molecule has 0 radical (unpaired) electrons. The molecule has 0 bridgehead atoms. The van der Waals surface area contributed by atoms with E-state index in [9.17, 15) is 13.2 Å². The summed E-state index contributed by atoms with van der Waals surface area (Å²) in [5.74, 6) is 0.174. The third-order valence-corrected chi connectivity index (χ3v) is 6.75. The summed E-state index contributed by atoms with van der Waals surface area (Å²) in [6.45, 7) is 0.880. The van der Waals surface area contributed by atoms with Gasteiger partial charge in [-0.1, -0.05) is 12.8 Å². The van der Waals surface area contributed by atoms with Gasteiger partial charge >= 0.3 is 0 Å². The fourth-order valence-electron chi connectivity index (χ4n) is 3.32. The first-order valence-electron chi connectivity index (χ1n) is 7.78. The summed E-state index contributed by atoms with van der Waals surface area (Å²) < 4.78 is 26.8. The highest BCUT2D eigenvalue weighted by Gasteiger charge is 2.35. The molecule has 0 atom stereocenters. The minimum absolute atomic E-state index is 0.0239. The summed E-state index contributed by atoms with van der Waals surface area (Å²) >= 11 is 0. The van der Waals surface area contributed by atoms with Gasteiger partial charge in [0.05, 0.1) is 0 Å². The minimum Gasteiger partial charge on any atom is -0.343 e. The monoisotopic (exact) mass is 317 g/mol. The standard InChI is InChI=1S/C14H27N3O3S/c1-15(2)21(19,20)17-10-8-12(9-11-17)14(18)16(3)13-6-4-5-7-13/h12-13H,4-11H2,1-3H3. The van der Waals surface area contributed by atoms with Gasteiger partial charge in [-0.25, -0.2) is 0 Å². The smallest absolute Gasteiger partial charge is 0.281 e. The van der Waals surface area contributed by atoms with Crippen LogP contribution >= 0.6 is 0 Å². The Morgan fingerprint density at radius 3 is 2.00 bits per heavy atom. The van der Waals surface area contributed by atoms with E-state index in [0.29, 0.717) is 32.0 Å². The predicted octanol–water partition coefficient (Wildman–Crippen LogP) is 0.906. The Kier molecular flexibility index (Phi) is 5.27. The van der Waals surface area contributed by atoms with Gasteiger partial charge in [0.25, 0.3) is 10.2 Å². The van der Waals surface area contributed by atoms with E-state index in [0.717, 1.165) is 12.8 Å². The Balaban J connectivity index is 1.90. The summed E-state index contributed by atoms with van der Waals surface area (Å²) in [6, 6.07) is 0.390. The second-order valence-electron chi connectivity index (χ2n) is 6.35. The summed E-state index contributed by atoms with van der Waals surface area (Å²) in [6.07, 6.45) is 5.89. The van der Waals surface area contributed by atoms with Crippen LogP contribution in [0.2, 0.25) is 0 Å². The van der Waals surface area contributed by atoms with Crippen molar-refractivity contribution < 1.29 is 13.2 Å². The number of rotatable bonds is 4. The van der Waals surface area contributed by atoms with Crippen molar-refractivity contribution in [1.82, 2.24) is 13.5 Å². The first-order valence-corrected chi connectivity index (χ1v) is 9.18. The highest BCUT2D eigenvalue weighted by molar-refractivity contribution is 7.86. The molecule has 1 saturated heterocycles. The maximum atomic E-state index is 12.5. The number of carbonyl (C=O) groups excluding carboxylic acids is 1. The van der Waals surface area contributed by atoms with E-state index in [1.807, 2.05) is 11.9 Å². The molecule has 21 heavy (non-hydrogen) atoms. The molecule has 1 aliphatic carbocycles. The van der Waals surface area contributed by atoms with Gasteiger partial charge < -0.3 is 4.90 Å². The molecule has 0 aromatic carbocycles. The van der Waals surface area contributed by atoms with Crippen molar-refractivity contribution in [2.24, 2.45) is 5.92 Å². The Hall–Kier alpha value is -0.660. The summed E-state index contributed by atoms with van der Waals surface area (Å²) in [7, 11) is 1.65. The highest BCUT2D eigenvalue weighted by Crippen LogP contribution is 2.27. The minimum atomic E-state index is -3.34. The molecule has 2 aliphatic rings. The molecule has 1 saturated carbocycles. The van der Waals surface area contributed by atoms with E-state index in [4.69, 9.17) is 0 Å². The van der Waals surface area contributed by atoms with E-state index < -0.39 is 10.2 Å².